The summed E-state index contributed by atoms with van der Waals surface area (Å²) in [5.74, 6) is 0.826. The van der Waals surface area contributed by atoms with E-state index in [-0.39, 0.29) is 0 Å². The van der Waals surface area contributed by atoms with Crippen molar-refractivity contribution in [2.24, 2.45) is 5.92 Å². The molecule has 1 aliphatic carbocycles. The first-order valence-electron chi connectivity index (χ1n) is 8.21. The largest absolute Gasteiger partial charge is 0.0683 e. The molecule has 0 saturated heterocycles. The van der Waals surface area contributed by atoms with Gasteiger partial charge in [-0.05, 0) is 42.2 Å². The van der Waals surface area contributed by atoms with Crippen LogP contribution in [0.2, 0.25) is 0 Å². The third-order valence-corrected chi connectivity index (χ3v) is 4.43. The second kappa shape index (κ2) is 9.18. The second-order valence-corrected chi connectivity index (χ2v) is 5.38. The SMILES string of the molecule is CC.CC.Cc1ccccc1C1(C)CCCCC1C. The smallest absolute Gasteiger partial charge is 0.00470 e. The van der Waals surface area contributed by atoms with E-state index in [0.717, 1.165) is 5.92 Å². The Morgan fingerprint density at radius 3 is 2.11 bits per heavy atom. The molecule has 0 heterocycles. The van der Waals surface area contributed by atoms with E-state index in [4.69, 9.17) is 0 Å². The molecule has 1 aromatic rings. The Bertz CT molecular complexity index is 340. The summed E-state index contributed by atoms with van der Waals surface area (Å²) >= 11 is 0. The minimum atomic E-state index is 0.420. The molecule has 0 amide bonds. The number of rotatable bonds is 1. The van der Waals surface area contributed by atoms with Crippen LogP contribution < -0.4 is 0 Å². The van der Waals surface area contributed by atoms with Gasteiger partial charge in [0.2, 0.25) is 0 Å². The number of benzene rings is 1. The van der Waals surface area contributed by atoms with Crippen LogP contribution >= 0.6 is 0 Å². The van der Waals surface area contributed by atoms with E-state index in [0.29, 0.717) is 5.41 Å². The van der Waals surface area contributed by atoms with Gasteiger partial charge in [-0.3, -0.25) is 0 Å². The predicted octanol–water partition coefficient (Wildman–Crippen LogP) is 6.52. The molecule has 0 N–H and O–H groups in total. The van der Waals surface area contributed by atoms with Crippen LogP contribution in [0, 0.1) is 12.8 Å². The quantitative estimate of drug-likeness (QED) is 0.541. The van der Waals surface area contributed by atoms with Crippen molar-refractivity contribution in [3.05, 3.63) is 35.4 Å². The van der Waals surface area contributed by atoms with Crippen molar-refractivity contribution in [2.45, 2.75) is 79.6 Å². The van der Waals surface area contributed by atoms with Crippen molar-refractivity contribution in [3.8, 4) is 0 Å². The molecule has 0 radical (unpaired) electrons. The topological polar surface area (TPSA) is 0 Å². The second-order valence-electron chi connectivity index (χ2n) is 5.38. The van der Waals surface area contributed by atoms with Crippen LogP contribution in [0.4, 0.5) is 0 Å². The highest BCUT2D eigenvalue weighted by Crippen LogP contribution is 2.44. The molecule has 0 nitrogen and oxygen atoms in total. The Hall–Kier alpha value is -0.780. The summed E-state index contributed by atoms with van der Waals surface area (Å²) in [6.07, 6.45) is 5.57. The first-order chi connectivity index (χ1) is 9.14. The molecular formula is C19H34. The molecule has 1 aliphatic rings. The van der Waals surface area contributed by atoms with Gasteiger partial charge in [0.15, 0.2) is 0 Å². The monoisotopic (exact) mass is 262 g/mol. The van der Waals surface area contributed by atoms with Gasteiger partial charge >= 0.3 is 0 Å². The minimum Gasteiger partial charge on any atom is -0.0683 e. The molecule has 1 aromatic carbocycles. The molecule has 0 spiro atoms. The Morgan fingerprint density at radius 1 is 1.00 bits per heavy atom. The lowest BCUT2D eigenvalue weighted by atomic mass is 9.64. The number of hydrogen-bond acceptors (Lipinski definition) is 0. The average molecular weight is 262 g/mol. The lowest BCUT2D eigenvalue weighted by Gasteiger charge is -2.41. The highest BCUT2D eigenvalue weighted by atomic mass is 14.4. The number of hydrogen-bond donors (Lipinski definition) is 0. The molecule has 2 unspecified atom stereocenters. The lowest BCUT2D eigenvalue weighted by Crippen LogP contribution is -2.34. The Labute approximate surface area is 121 Å². The predicted molar refractivity (Wildman–Crippen MR) is 88.9 cm³/mol. The molecule has 2 rings (SSSR count). The third-order valence-electron chi connectivity index (χ3n) is 4.43. The first kappa shape index (κ1) is 18.2. The van der Waals surface area contributed by atoms with Gasteiger partial charge in [0.05, 0.1) is 0 Å². The maximum Gasteiger partial charge on any atom is -0.00470 e. The van der Waals surface area contributed by atoms with Crippen LogP contribution in [0.5, 0.6) is 0 Å². The Kier molecular flexibility index (Phi) is 8.80. The fourth-order valence-corrected chi connectivity index (χ4v) is 3.12. The van der Waals surface area contributed by atoms with Crippen LogP contribution in [0.25, 0.3) is 0 Å². The van der Waals surface area contributed by atoms with Gasteiger partial charge in [0, 0.05) is 0 Å². The van der Waals surface area contributed by atoms with Gasteiger partial charge < -0.3 is 0 Å². The molecule has 0 bridgehead atoms. The summed E-state index contributed by atoms with van der Waals surface area (Å²) in [5, 5.41) is 0. The lowest BCUT2D eigenvalue weighted by molar-refractivity contribution is 0.220. The van der Waals surface area contributed by atoms with E-state index in [2.05, 4.69) is 45.0 Å². The van der Waals surface area contributed by atoms with Gasteiger partial charge in [-0.1, -0.05) is 78.6 Å². The summed E-state index contributed by atoms with van der Waals surface area (Å²) in [5.41, 5.74) is 3.47. The fourth-order valence-electron chi connectivity index (χ4n) is 3.12. The van der Waals surface area contributed by atoms with Crippen LogP contribution in [0.1, 0.15) is 78.4 Å². The molecule has 1 fully saturated rings. The zero-order valence-corrected chi connectivity index (χ0v) is 14.2. The van der Waals surface area contributed by atoms with Crippen molar-refractivity contribution >= 4 is 0 Å². The molecule has 0 aliphatic heterocycles. The molecule has 19 heavy (non-hydrogen) atoms. The molecule has 0 aromatic heterocycles. The van der Waals surface area contributed by atoms with Crippen molar-refractivity contribution in [1.29, 1.82) is 0 Å². The van der Waals surface area contributed by atoms with E-state index in [1.165, 1.54) is 31.2 Å². The van der Waals surface area contributed by atoms with E-state index >= 15 is 0 Å². The average Bonchev–Trinajstić information content (AvgIpc) is 2.47. The van der Waals surface area contributed by atoms with Crippen molar-refractivity contribution in [2.75, 3.05) is 0 Å². The maximum atomic E-state index is 2.46. The van der Waals surface area contributed by atoms with Gasteiger partial charge in [-0.2, -0.15) is 0 Å². The van der Waals surface area contributed by atoms with Crippen LogP contribution in [0.15, 0.2) is 24.3 Å². The Balaban J connectivity index is 0.000000741. The normalized spacial score (nSPS) is 25.5. The number of aryl methyl sites for hydroxylation is 1. The van der Waals surface area contributed by atoms with Crippen LogP contribution in [-0.4, -0.2) is 0 Å². The van der Waals surface area contributed by atoms with E-state index in [1.54, 1.807) is 5.56 Å². The zero-order valence-electron chi connectivity index (χ0n) is 14.2. The van der Waals surface area contributed by atoms with Crippen molar-refractivity contribution in [1.82, 2.24) is 0 Å². The van der Waals surface area contributed by atoms with Gasteiger partial charge in [-0.15, -0.1) is 0 Å². The van der Waals surface area contributed by atoms with Gasteiger partial charge in [0.1, 0.15) is 0 Å². The minimum absolute atomic E-state index is 0.420. The first-order valence-corrected chi connectivity index (χ1v) is 8.21. The van der Waals surface area contributed by atoms with Gasteiger partial charge in [-0.25, -0.2) is 0 Å². The van der Waals surface area contributed by atoms with E-state index < -0.39 is 0 Å². The molecule has 2 atom stereocenters. The van der Waals surface area contributed by atoms with E-state index in [9.17, 15) is 0 Å². The standard InChI is InChI=1S/C15H22.2C2H6/c1-12-8-4-5-10-14(12)15(3)11-7-6-9-13(15)2;2*1-2/h4-5,8,10,13H,6-7,9,11H2,1-3H3;2*1-2H3. The highest BCUT2D eigenvalue weighted by Gasteiger charge is 2.35. The van der Waals surface area contributed by atoms with Crippen LogP contribution in [0.3, 0.4) is 0 Å². The van der Waals surface area contributed by atoms with E-state index in [1.807, 2.05) is 27.7 Å². The maximum absolute atomic E-state index is 2.46. The van der Waals surface area contributed by atoms with Crippen LogP contribution in [-0.2, 0) is 5.41 Å². The summed E-state index contributed by atoms with van der Waals surface area (Å²) in [4.78, 5) is 0. The molecule has 0 heteroatoms. The summed E-state index contributed by atoms with van der Waals surface area (Å²) in [6.45, 7) is 15.1. The zero-order chi connectivity index (χ0) is 14.9. The molecule has 110 valence electrons. The van der Waals surface area contributed by atoms with Crippen molar-refractivity contribution < 1.29 is 0 Å². The summed E-state index contributed by atoms with van der Waals surface area (Å²) in [6, 6.07) is 8.92. The van der Waals surface area contributed by atoms with Gasteiger partial charge in [0.25, 0.3) is 0 Å². The highest BCUT2D eigenvalue weighted by molar-refractivity contribution is 5.33. The summed E-state index contributed by atoms with van der Waals surface area (Å²) in [7, 11) is 0. The Morgan fingerprint density at radius 2 is 1.58 bits per heavy atom. The third kappa shape index (κ3) is 4.37. The fraction of sp³-hybridized carbons (Fsp3) is 0.684. The molecule has 1 saturated carbocycles. The molecular weight excluding hydrogens is 228 g/mol. The summed E-state index contributed by atoms with van der Waals surface area (Å²) < 4.78 is 0. The van der Waals surface area contributed by atoms with Crippen molar-refractivity contribution in [3.63, 3.8) is 0 Å².